The molecule has 0 fully saturated rings. The maximum Gasteiger partial charge on any atom is 0.264 e. The van der Waals surface area contributed by atoms with Crippen molar-refractivity contribution in [2.45, 2.75) is 64.4 Å². The molecule has 10 heteroatoms. The average molecular weight is 614 g/mol. The predicted molar refractivity (Wildman–Crippen MR) is 167 cm³/mol. The van der Waals surface area contributed by atoms with E-state index in [-0.39, 0.29) is 17.3 Å². The fourth-order valence-electron chi connectivity index (χ4n) is 4.57. The molecule has 0 aliphatic heterocycles. The molecular weight excluding hydrogens is 574 g/mol. The number of halogens is 1. The van der Waals surface area contributed by atoms with Gasteiger partial charge in [0.1, 0.15) is 18.3 Å². The third-order valence-electron chi connectivity index (χ3n) is 7.12. The SMILES string of the molecule is CCCCNC(=O)C(CC)N(Cc1ccc(OC)cc1)C(=O)CN(c1cccc(Cl)c1C)S(=O)(=O)c1ccc(C)cc1. The number of carbonyl (C=O) groups is 2. The molecule has 8 nitrogen and oxygen atoms in total. The first-order valence-electron chi connectivity index (χ1n) is 14.1. The van der Waals surface area contributed by atoms with E-state index in [1.54, 1.807) is 56.5 Å². The van der Waals surface area contributed by atoms with Crippen molar-refractivity contribution in [3.8, 4) is 5.75 Å². The van der Waals surface area contributed by atoms with Crippen molar-refractivity contribution in [2.75, 3.05) is 24.5 Å². The van der Waals surface area contributed by atoms with Crippen molar-refractivity contribution >= 4 is 39.1 Å². The van der Waals surface area contributed by atoms with E-state index in [0.717, 1.165) is 28.3 Å². The molecule has 0 aliphatic rings. The van der Waals surface area contributed by atoms with Crippen molar-refractivity contribution in [1.82, 2.24) is 10.2 Å². The summed E-state index contributed by atoms with van der Waals surface area (Å²) in [4.78, 5) is 29.0. The summed E-state index contributed by atoms with van der Waals surface area (Å²) in [5.74, 6) is -0.133. The Morgan fingerprint density at radius 2 is 1.64 bits per heavy atom. The highest BCUT2D eigenvalue weighted by molar-refractivity contribution is 7.92. The summed E-state index contributed by atoms with van der Waals surface area (Å²) in [5, 5.41) is 3.31. The molecule has 0 saturated heterocycles. The van der Waals surface area contributed by atoms with Gasteiger partial charge in [-0.25, -0.2) is 8.42 Å². The van der Waals surface area contributed by atoms with E-state index in [2.05, 4.69) is 5.32 Å². The second-order valence-electron chi connectivity index (χ2n) is 10.1. The van der Waals surface area contributed by atoms with E-state index in [1.165, 1.54) is 17.0 Å². The second-order valence-corrected chi connectivity index (χ2v) is 12.4. The maximum atomic E-state index is 14.2. The molecule has 0 bridgehead atoms. The molecule has 1 atom stereocenters. The van der Waals surface area contributed by atoms with Crippen molar-refractivity contribution in [2.24, 2.45) is 0 Å². The molecule has 0 saturated carbocycles. The van der Waals surface area contributed by atoms with Gasteiger partial charge in [-0.3, -0.25) is 13.9 Å². The van der Waals surface area contributed by atoms with Gasteiger partial charge in [0.2, 0.25) is 11.8 Å². The van der Waals surface area contributed by atoms with Crippen LogP contribution in [0.2, 0.25) is 5.02 Å². The lowest BCUT2D eigenvalue weighted by molar-refractivity contribution is -0.140. The fourth-order valence-corrected chi connectivity index (χ4v) is 6.21. The summed E-state index contributed by atoms with van der Waals surface area (Å²) in [6.45, 7) is 7.52. The number of anilines is 1. The Labute approximate surface area is 254 Å². The number of carbonyl (C=O) groups excluding carboxylic acids is 2. The van der Waals surface area contributed by atoms with Crippen LogP contribution in [0.25, 0.3) is 0 Å². The minimum Gasteiger partial charge on any atom is -0.497 e. The molecule has 1 N–H and O–H groups in total. The zero-order valence-electron chi connectivity index (χ0n) is 24.9. The van der Waals surface area contributed by atoms with E-state index >= 15 is 0 Å². The van der Waals surface area contributed by atoms with Crippen LogP contribution >= 0.6 is 11.6 Å². The molecule has 0 aliphatic carbocycles. The number of nitrogens with one attached hydrogen (secondary N) is 1. The largest absolute Gasteiger partial charge is 0.497 e. The fraction of sp³-hybridized carbons (Fsp3) is 0.375. The number of sulfonamides is 1. The number of benzene rings is 3. The van der Waals surface area contributed by atoms with Crippen molar-refractivity contribution in [3.05, 3.63) is 88.4 Å². The van der Waals surface area contributed by atoms with Gasteiger partial charge in [-0.15, -0.1) is 0 Å². The van der Waals surface area contributed by atoms with Crippen LogP contribution < -0.4 is 14.4 Å². The number of nitrogens with zero attached hydrogens (tertiary/aromatic N) is 2. The number of methoxy groups -OCH3 is 1. The number of hydrogen-bond acceptors (Lipinski definition) is 5. The summed E-state index contributed by atoms with van der Waals surface area (Å²) in [7, 11) is -2.61. The molecule has 3 aromatic carbocycles. The highest BCUT2D eigenvalue weighted by Crippen LogP contribution is 2.31. The van der Waals surface area contributed by atoms with Crippen molar-refractivity contribution in [3.63, 3.8) is 0 Å². The Kier molecular flexibility index (Phi) is 11.8. The monoisotopic (exact) mass is 613 g/mol. The first-order valence-corrected chi connectivity index (χ1v) is 15.9. The van der Waals surface area contributed by atoms with Crippen LogP contribution in [0.15, 0.2) is 71.6 Å². The minimum atomic E-state index is -4.18. The lowest BCUT2D eigenvalue weighted by Gasteiger charge is -2.33. The molecule has 0 spiro atoms. The summed E-state index contributed by atoms with van der Waals surface area (Å²) in [5.41, 5.74) is 2.49. The quantitative estimate of drug-likeness (QED) is 0.229. The van der Waals surface area contributed by atoms with Gasteiger partial charge in [-0.2, -0.15) is 0 Å². The van der Waals surface area contributed by atoms with Crippen LogP contribution in [0.1, 0.15) is 49.8 Å². The molecular formula is C32H40ClN3O5S. The van der Waals surface area contributed by atoms with Crippen LogP contribution in [0, 0.1) is 13.8 Å². The Morgan fingerprint density at radius 3 is 2.24 bits per heavy atom. The van der Waals surface area contributed by atoms with Gasteiger partial charge < -0.3 is 15.0 Å². The Hall–Kier alpha value is -3.56. The number of aryl methyl sites for hydroxylation is 1. The molecule has 2 amide bonds. The van der Waals surface area contributed by atoms with Gasteiger partial charge in [-0.1, -0.05) is 67.8 Å². The summed E-state index contributed by atoms with van der Waals surface area (Å²) in [6, 6.07) is 17.8. The molecule has 3 rings (SSSR count). The lowest BCUT2D eigenvalue weighted by Crippen LogP contribution is -2.52. The van der Waals surface area contributed by atoms with Crippen LogP contribution in [0.4, 0.5) is 5.69 Å². The number of ether oxygens (including phenoxy) is 1. The van der Waals surface area contributed by atoms with E-state index in [9.17, 15) is 18.0 Å². The van der Waals surface area contributed by atoms with Gasteiger partial charge in [0.05, 0.1) is 17.7 Å². The van der Waals surface area contributed by atoms with Crippen LogP contribution in [-0.4, -0.2) is 51.4 Å². The Balaban J connectivity index is 2.07. The van der Waals surface area contributed by atoms with Crippen molar-refractivity contribution < 1.29 is 22.7 Å². The zero-order chi connectivity index (χ0) is 30.9. The normalized spacial score (nSPS) is 12.0. The molecule has 3 aromatic rings. The van der Waals surface area contributed by atoms with E-state index in [1.807, 2.05) is 32.9 Å². The van der Waals surface area contributed by atoms with Gasteiger partial charge in [-0.05, 0) is 74.2 Å². The van der Waals surface area contributed by atoms with Gasteiger partial charge in [0.15, 0.2) is 0 Å². The smallest absolute Gasteiger partial charge is 0.264 e. The summed E-state index contributed by atoms with van der Waals surface area (Å²) in [6.07, 6.45) is 2.07. The minimum absolute atomic E-state index is 0.0475. The van der Waals surface area contributed by atoms with Gasteiger partial charge >= 0.3 is 0 Å². The molecule has 42 heavy (non-hydrogen) atoms. The zero-order valence-corrected chi connectivity index (χ0v) is 26.5. The molecule has 0 radical (unpaired) electrons. The van der Waals surface area contributed by atoms with Crippen LogP contribution in [0.3, 0.4) is 0 Å². The standard InChI is InChI=1S/C32H40ClN3O5S/c1-6-8-20-34-32(38)29(7-2)35(21-25-14-16-26(41-5)17-15-25)31(37)22-36(30-11-9-10-28(33)24(30)4)42(39,40)27-18-12-23(3)13-19-27/h9-19,29H,6-8,20-22H2,1-5H3,(H,34,38). The molecule has 226 valence electrons. The molecule has 1 unspecified atom stereocenters. The van der Waals surface area contributed by atoms with Crippen LogP contribution in [0.5, 0.6) is 5.75 Å². The highest BCUT2D eigenvalue weighted by atomic mass is 35.5. The Morgan fingerprint density at radius 1 is 0.976 bits per heavy atom. The van der Waals surface area contributed by atoms with Crippen LogP contribution in [-0.2, 0) is 26.2 Å². The van der Waals surface area contributed by atoms with E-state index < -0.39 is 28.5 Å². The topological polar surface area (TPSA) is 96.0 Å². The van der Waals surface area contributed by atoms with Gasteiger partial charge in [0, 0.05) is 18.1 Å². The first-order chi connectivity index (χ1) is 20.0. The third-order valence-corrected chi connectivity index (χ3v) is 9.31. The second kappa shape index (κ2) is 15.1. The molecule has 0 heterocycles. The number of amides is 2. The predicted octanol–water partition coefficient (Wildman–Crippen LogP) is 5.88. The van der Waals surface area contributed by atoms with Crippen molar-refractivity contribution in [1.29, 1.82) is 0 Å². The summed E-state index contributed by atoms with van der Waals surface area (Å²) < 4.78 is 34.5. The van der Waals surface area contributed by atoms with E-state index in [4.69, 9.17) is 16.3 Å². The number of unbranched alkanes of at least 4 members (excludes halogenated alkanes) is 1. The Bertz CT molecular complexity index is 1460. The average Bonchev–Trinajstić information content (AvgIpc) is 2.98. The highest BCUT2D eigenvalue weighted by Gasteiger charge is 2.34. The molecule has 0 aromatic heterocycles. The van der Waals surface area contributed by atoms with E-state index in [0.29, 0.717) is 35.0 Å². The lowest BCUT2D eigenvalue weighted by atomic mass is 10.1. The maximum absolute atomic E-state index is 14.2. The number of rotatable bonds is 14. The summed E-state index contributed by atoms with van der Waals surface area (Å²) >= 11 is 6.40. The van der Waals surface area contributed by atoms with Gasteiger partial charge in [0.25, 0.3) is 10.0 Å². The third kappa shape index (κ3) is 8.04. The number of hydrogen-bond donors (Lipinski definition) is 1. The first kappa shape index (κ1) is 32.9.